The van der Waals surface area contributed by atoms with Crippen molar-refractivity contribution in [2.24, 2.45) is 23.5 Å². The Morgan fingerprint density at radius 1 is 0.867 bits per heavy atom. The van der Waals surface area contributed by atoms with Gasteiger partial charge in [0.1, 0.15) is 17.1 Å². The summed E-state index contributed by atoms with van der Waals surface area (Å²) in [6.45, 7) is 17.4. The monoisotopic (exact) mass is 637 g/mol. The van der Waals surface area contributed by atoms with Crippen LogP contribution in [-0.2, 0) is 11.2 Å². The standard InChI is InChI=1S/C33H56O4.C4H11NO3/c1-23(2)13-9-14-24(3)15-10-16-25(4)17-11-20-33(8)21-19-29-28(7)31(36-22-12-18-30(34)35)26(5)27(6)32(29)37-33;5-4(1-6,2-7)3-8/h23-25H,9-22H2,1-8H3,(H,34,35);6-8H,1-3,5H2. The van der Waals surface area contributed by atoms with Gasteiger partial charge in [-0.15, -0.1) is 0 Å². The van der Waals surface area contributed by atoms with Gasteiger partial charge in [-0.2, -0.15) is 0 Å². The number of hydrogen-bond acceptors (Lipinski definition) is 7. The van der Waals surface area contributed by atoms with Crippen LogP contribution in [0.25, 0.3) is 0 Å². The van der Waals surface area contributed by atoms with Crippen molar-refractivity contribution >= 4 is 5.97 Å². The first-order chi connectivity index (χ1) is 21.1. The van der Waals surface area contributed by atoms with Crippen LogP contribution in [0.3, 0.4) is 0 Å². The van der Waals surface area contributed by atoms with Gasteiger partial charge in [0.15, 0.2) is 0 Å². The van der Waals surface area contributed by atoms with Gasteiger partial charge in [-0.05, 0) is 94.2 Å². The molecule has 0 radical (unpaired) electrons. The highest BCUT2D eigenvalue weighted by Crippen LogP contribution is 2.45. The third-order valence-corrected chi connectivity index (χ3v) is 9.56. The van der Waals surface area contributed by atoms with Crippen LogP contribution < -0.4 is 15.2 Å². The molecule has 0 aromatic heterocycles. The van der Waals surface area contributed by atoms with Crippen molar-refractivity contribution in [3.63, 3.8) is 0 Å². The SMILES string of the molecule is Cc1c(C)c2c(c(C)c1OCCCC(=O)O)CCC(C)(CCCC(C)CCCC(C)CCCC(C)C)O2.NC(CO)(CO)CO. The van der Waals surface area contributed by atoms with Crippen molar-refractivity contribution in [1.82, 2.24) is 0 Å². The molecule has 8 heteroatoms. The van der Waals surface area contributed by atoms with E-state index < -0.39 is 31.3 Å². The fourth-order valence-corrected chi connectivity index (χ4v) is 6.02. The highest BCUT2D eigenvalue weighted by Gasteiger charge is 2.34. The number of aliphatic hydroxyl groups excluding tert-OH is 3. The molecule has 45 heavy (non-hydrogen) atoms. The Hall–Kier alpha value is -1.87. The van der Waals surface area contributed by atoms with E-state index >= 15 is 0 Å². The minimum absolute atomic E-state index is 0.106. The Balaban J connectivity index is 0.00000111. The second kappa shape index (κ2) is 20.4. The molecular weight excluding hydrogens is 570 g/mol. The number of carbonyl (C=O) groups is 1. The third kappa shape index (κ3) is 14.6. The van der Waals surface area contributed by atoms with Crippen molar-refractivity contribution in [1.29, 1.82) is 0 Å². The molecule has 0 aliphatic carbocycles. The molecule has 1 aliphatic heterocycles. The van der Waals surface area contributed by atoms with E-state index in [0.717, 1.165) is 65.2 Å². The fourth-order valence-electron chi connectivity index (χ4n) is 6.02. The Morgan fingerprint density at radius 3 is 1.89 bits per heavy atom. The van der Waals surface area contributed by atoms with E-state index in [-0.39, 0.29) is 12.0 Å². The molecule has 0 spiro atoms. The van der Waals surface area contributed by atoms with Gasteiger partial charge >= 0.3 is 5.97 Å². The minimum atomic E-state index is -1.21. The maximum Gasteiger partial charge on any atom is 0.303 e. The van der Waals surface area contributed by atoms with Crippen LogP contribution in [0, 0.1) is 38.5 Å². The number of benzene rings is 1. The smallest absolute Gasteiger partial charge is 0.303 e. The minimum Gasteiger partial charge on any atom is -0.493 e. The maximum absolute atomic E-state index is 10.8. The van der Waals surface area contributed by atoms with Crippen LogP contribution in [0.15, 0.2) is 0 Å². The molecule has 3 atom stereocenters. The summed E-state index contributed by atoms with van der Waals surface area (Å²) < 4.78 is 12.8. The molecule has 262 valence electrons. The molecule has 0 bridgehead atoms. The van der Waals surface area contributed by atoms with E-state index in [1.807, 2.05) is 0 Å². The number of aliphatic hydroxyl groups is 3. The quantitative estimate of drug-likeness (QED) is 0.0959. The Labute approximate surface area is 274 Å². The van der Waals surface area contributed by atoms with Crippen LogP contribution in [0.2, 0.25) is 0 Å². The zero-order valence-corrected chi connectivity index (χ0v) is 29.8. The Kier molecular flexibility index (Phi) is 18.6. The first kappa shape index (κ1) is 41.2. The first-order valence-electron chi connectivity index (χ1n) is 17.4. The predicted octanol–water partition coefficient (Wildman–Crippen LogP) is 7.04. The summed E-state index contributed by atoms with van der Waals surface area (Å²) in [7, 11) is 0. The zero-order chi connectivity index (χ0) is 34.2. The van der Waals surface area contributed by atoms with Crippen LogP contribution >= 0.6 is 0 Å². The summed E-state index contributed by atoms with van der Waals surface area (Å²) in [5.41, 5.74) is 8.53. The lowest BCUT2D eigenvalue weighted by Crippen LogP contribution is -2.50. The highest BCUT2D eigenvalue weighted by atomic mass is 16.5. The lowest BCUT2D eigenvalue weighted by molar-refractivity contribution is -0.137. The van der Waals surface area contributed by atoms with Crippen molar-refractivity contribution in [3.05, 3.63) is 22.3 Å². The molecule has 0 amide bonds. The molecule has 8 nitrogen and oxygen atoms in total. The van der Waals surface area contributed by atoms with E-state index in [9.17, 15) is 4.79 Å². The molecule has 3 unspecified atom stereocenters. The van der Waals surface area contributed by atoms with Gasteiger partial charge in [0.2, 0.25) is 0 Å². The molecule has 0 saturated carbocycles. The zero-order valence-electron chi connectivity index (χ0n) is 29.8. The average Bonchev–Trinajstić information content (AvgIpc) is 2.99. The van der Waals surface area contributed by atoms with E-state index in [4.69, 9.17) is 35.6 Å². The van der Waals surface area contributed by atoms with Crippen LogP contribution in [-0.4, -0.2) is 64.0 Å². The number of fused-ring (bicyclic) bond motifs is 1. The molecule has 6 N–H and O–H groups in total. The van der Waals surface area contributed by atoms with Gasteiger partial charge in [-0.25, -0.2) is 0 Å². The normalized spacial score (nSPS) is 17.6. The first-order valence-corrected chi connectivity index (χ1v) is 17.4. The number of carboxylic acids is 1. The predicted molar refractivity (Wildman–Crippen MR) is 183 cm³/mol. The number of ether oxygens (including phenoxy) is 2. The van der Waals surface area contributed by atoms with E-state index in [1.54, 1.807) is 0 Å². The number of aliphatic carboxylic acids is 1. The van der Waals surface area contributed by atoms with Gasteiger partial charge in [0, 0.05) is 12.0 Å². The summed E-state index contributed by atoms with van der Waals surface area (Å²) in [4.78, 5) is 10.8. The second-order valence-corrected chi connectivity index (χ2v) is 14.6. The molecule has 1 aliphatic rings. The topological polar surface area (TPSA) is 142 Å². The van der Waals surface area contributed by atoms with Gasteiger partial charge in [-0.1, -0.05) is 72.6 Å². The molecule has 2 rings (SSSR count). The maximum atomic E-state index is 10.8. The van der Waals surface area contributed by atoms with Crippen LogP contribution in [0.5, 0.6) is 11.5 Å². The van der Waals surface area contributed by atoms with Crippen molar-refractivity contribution < 1.29 is 34.7 Å². The lowest BCUT2D eigenvalue weighted by atomic mass is 9.83. The summed E-state index contributed by atoms with van der Waals surface area (Å²) >= 11 is 0. The van der Waals surface area contributed by atoms with Gasteiger partial charge in [0.05, 0.1) is 32.0 Å². The van der Waals surface area contributed by atoms with Gasteiger partial charge < -0.3 is 35.6 Å². The van der Waals surface area contributed by atoms with E-state index in [2.05, 4.69) is 55.4 Å². The molecule has 0 fully saturated rings. The summed E-state index contributed by atoms with van der Waals surface area (Å²) in [5.74, 6) is 3.68. The number of carboxylic acid groups (broad SMARTS) is 1. The second-order valence-electron chi connectivity index (χ2n) is 14.6. The number of nitrogens with two attached hydrogens (primary N) is 1. The lowest BCUT2D eigenvalue weighted by Gasteiger charge is -2.38. The molecule has 0 saturated heterocycles. The summed E-state index contributed by atoms with van der Waals surface area (Å²) in [6.07, 6.45) is 14.5. The number of rotatable bonds is 20. The van der Waals surface area contributed by atoms with Crippen LogP contribution in [0.4, 0.5) is 0 Å². The molecule has 1 aromatic rings. The largest absolute Gasteiger partial charge is 0.493 e. The highest BCUT2D eigenvalue weighted by molar-refractivity contribution is 5.66. The summed E-state index contributed by atoms with van der Waals surface area (Å²) in [6, 6.07) is 0. The van der Waals surface area contributed by atoms with E-state index in [1.165, 1.54) is 56.9 Å². The van der Waals surface area contributed by atoms with Crippen molar-refractivity contribution in [3.8, 4) is 11.5 Å². The van der Waals surface area contributed by atoms with Crippen LogP contribution in [0.1, 0.15) is 134 Å². The Morgan fingerprint density at radius 2 is 1.40 bits per heavy atom. The van der Waals surface area contributed by atoms with Crippen molar-refractivity contribution in [2.45, 2.75) is 150 Å². The van der Waals surface area contributed by atoms with Crippen molar-refractivity contribution in [2.75, 3.05) is 26.4 Å². The van der Waals surface area contributed by atoms with Gasteiger partial charge in [-0.3, -0.25) is 4.79 Å². The fraction of sp³-hybridized carbons (Fsp3) is 0.811. The molecular formula is C37H67NO7. The van der Waals surface area contributed by atoms with Gasteiger partial charge in [0.25, 0.3) is 0 Å². The number of hydrogen-bond donors (Lipinski definition) is 5. The Bertz CT molecular complexity index is 999. The van der Waals surface area contributed by atoms with E-state index in [0.29, 0.717) is 13.0 Å². The molecule has 1 heterocycles. The molecule has 1 aromatic carbocycles. The third-order valence-electron chi connectivity index (χ3n) is 9.56. The summed E-state index contributed by atoms with van der Waals surface area (Å²) in [5, 5.41) is 33.9. The average molecular weight is 638 g/mol.